The van der Waals surface area contributed by atoms with Crippen LogP contribution in [0.4, 0.5) is 0 Å². The van der Waals surface area contributed by atoms with Gasteiger partial charge in [0, 0.05) is 5.56 Å². The lowest BCUT2D eigenvalue weighted by Gasteiger charge is -2.11. The summed E-state index contributed by atoms with van der Waals surface area (Å²) >= 11 is 3.68. The SMILES string of the molecule is CCc1ccc(C(C)(C)[SH2+])cc1. The molecule has 0 radical (unpaired) electrons. The van der Waals surface area contributed by atoms with Crippen LogP contribution in [0.5, 0.6) is 0 Å². The summed E-state index contributed by atoms with van der Waals surface area (Å²) in [7, 11) is 0. The number of rotatable bonds is 2. The van der Waals surface area contributed by atoms with Crippen LogP contribution in [0.25, 0.3) is 0 Å². The fourth-order valence-electron chi connectivity index (χ4n) is 1.16. The van der Waals surface area contributed by atoms with Crippen LogP contribution < -0.4 is 0 Å². The molecule has 0 aliphatic heterocycles. The fourth-order valence-corrected chi connectivity index (χ4v) is 1.32. The van der Waals surface area contributed by atoms with Crippen molar-refractivity contribution < 1.29 is 0 Å². The number of hydrogen-bond donors (Lipinski definition) is 0. The predicted octanol–water partition coefficient (Wildman–Crippen LogP) is 2.50. The molecular formula is C11H17S+. The molecule has 0 saturated heterocycles. The van der Waals surface area contributed by atoms with Crippen molar-refractivity contribution in [2.45, 2.75) is 31.9 Å². The molecule has 0 spiro atoms. The predicted molar refractivity (Wildman–Crippen MR) is 59.0 cm³/mol. The molecule has 1 aromatic rings. The molecule has 0 aromatic heterocycles. The van der Waals surface area contributed by atoms with E-state index in [2.05, 4.69) is 57.7 Å². The molecule has 0 bridgehead atoms. The van der Waals surface area contributed by atoms with Crippen molar-refractivity contribution in [3.63, 3.8) is 0 Å². The van der Waals surface area contributed by atoms with Crippen LogP contribution in [0.2, 0.25) is 0 Å². The highest BCUT2D eigenvalue weighted by molar-refractivity contribution is 7.59. The van der Waals surface area contributed by atoms with E-state index >= 15 is 0 Å². The number of aryl methyl sites for hydroxylation is 1. The second-order valence-corrected chi connectivity index (χ2v) is 4.93. The largest absolute Gasteiger partial charge is 0.143 e. The Morgan fingerprint density at radius 3 is 2.00 bits per heavy atom. The minimum absolute atomic E-state index is 0.0896. The zero-order chi connectivity index (χ0) is 9.19. The third-order valence-corrected chi connectivity index (χ3v) is 2.37. The standard InChI is InChI=1S/C11H16S/c1-4-9-5-7-10(8-6-9)11(2,3)12/h5-8,12H,4H2,1-3H3/p+1. The summed E-state index contributed by atoms with van der Waals surface area (Å²) in [5.41, 5.74) is 2.73. The van der Waals surface area contributed by atoms with Gasteiger partial charge in [-0.25, -0.2) is 0 Å². The zero-order valence-electron chi connectivity index (χ0n) is 8.02. The molecule has 0 unspecified atom stereocenters. The van der Waals surface area contributed by atoms with Crippen molar-refractivity contribution in [3.8, 4) is 0 Å². The summed E-state index contributed by atoms with van der Waals surface area (Å²) in [6, 6.07) is 8.76. The Morgan fingerprint density at radius 2 is 1.67 bits per heavy atom. The zero-order valence-corrected chi connectivity index (χ0v) is 9.02. The van der Waals surface area contributed by atoms with E-state index in [1.165, 1.54) is 11.1 Å². The summed E-state index contributed by atoms with van der Waals surface area (Å²) in [5.74, 6) is 0. The van der Waals surface area contributed by atoms with Crippen molar-refractivity contribution in [2.75, 3.05) is 0 Å². The molecule has 66 valence electrons. The first-order valence-electron chi connectivity index (χ1n) is 4.38. The van der Waals surface area contributed by atoms with Gasteiger partial charge in [0.2, 0.25) is 0 Å². The lowest BCUT2D eigenvalue weighted by atomic mass is 10.0. The van der Waals surface area contributed by atoms with Crippen LogP contribution in [-0.4, -0.2) is 0 Å². The topological polar surface area (TPSA) is 0 Å². The third kappa shape index (κ3) is 2.28. The maximum absolute atomic E-state index is 3.68. The molecule has 1 heteroatoms. The molecule has 0 aliphatic rings. The first-order valence-corrected chi connectivity index (χ1v) is 4.88. The molecular weight excluding hydrogens is 164 g/mol. The normalized spacial score (nSPS) is 11.7. The van der Waals surface area contributed by atoms with Gasteiger partial charge in [0.1, 0.15) is 4.75 Å². The molecule has 0 N–H and O–H groups in total. The lowest BCUT2D eigenvalue weighted by molar-refractivity contribution is 0.788. The van der Waals surface area contributed by atoms with Gasteiger partial charge in [0.25, 0.3) is 0 Å². The first-order chi connectivity index (χ1) is 5.54. The first kappa shape index (κ1) is 9.66. The maximum atomic E-state index is 3.68. The van der Waals surface area contributed by atoms with Gasteiger partial charge in [-0.15, -0.1) is 0 Å². The summed E-state index contributed by atoms with van der Waals surface area (Å²) in [4.78, 5) is 0. The maximum Gasteiger partial charge on any atom is 0.143 e. The van der Waals surface area contributed by atoms with Crippen molar-refractivity contribution in [2.24, 2.45) is 0 Å². The quantitative estimate of drug-likeness (QED) is 0.615. The Labute approximate surface area is 80.4 Å². The molecule has 0 amide bonds. The highest BCUT2D eigenvalue weighted by Gasteiger charge is 2.20. The van der Waals surface area contributed by atoms with Gasteiger partial charge in [0.15, 0.2) is 0 Å². The van der Waals surface area contributed by atoms with Crippen molar-refractivity contribution >= 4 is 12.6 Å². The van der Waals surface area contributed by atoms with Gasteiger partial charge in [-0.3, -0.25) is 0 Å². The van der Waals surface area contributed by atoms with Crippen LogP contribution in [-0.2, 0) is 23.8 Å². The number of hydrogen-bond acceptors (Lipinski definition) is 0. The van der Waals surface area contributed by atoms with Gasteiger partial charge in [0.05, 0.1) is 0 Å². The molecule has 0 nitrogen and oxygen atoms in total. The Kier molecular flexibility index (Phi) is 2.84. The third-order valence-electron chi connectivity index (χ3n) is 2.08. The van der Waals surface area contributed by atoms with Crippen LogP contribution in [0, 0.1) is 0 Å². The Balaban J connectivity index is 2.93. The lowest BCUT2D eigenvalue weighted by Crippen LogP contribution is -2.11. The minimum Gasteiger partial charge on any atom is -0.0613 e. The van der Waals surface area contributed by atoms with E-state index in [1.54, 1.807) is 0 Å². The molecule has 0 fully saturated rings. The molecule has 0 atom stereocenters. The molecule has 0 aliphatic carbocycles. The fraction of sp³-hybridized carbons (Fsp3) is 0.455. The van der Waals surface area contributed by atoms with Gasteiger partial charge >= 0.3 is 0 Å². The average molecular weight is 181 g/mol. The Hall–Kier alpha value is -0.430. The monoisotopic (exact) mass is 181 g/mol. The highest BCUT2D eigenvalue weighted by atomic mass is 32.1. The van der Waals surface area contributed by atoms with E-state index in [0.29, 0.717) is 0 Å². The van der Waals surface area contributed by atoms with E-state index in [9.17, 15) is 0 Å². The average Bonchev–Trinajstić information content (AvgIpc) is 2.03. The molecule has 1 rings (SSSR count). The number of benzene rings is 1. The second kappa shape index (κ2) is 3.53. The Bertz CT molecular complexity index is 241. The van der Waals surface area contributed by atoms with E-state index in [4.69, 9.17) is 0 Å². The van der Waals surface area contributed by atoms with Gasteiger partial charge in [-0.2, -0.15) is 0 Å². The van der Waals surface area contributed by atoms with E-state index in [-0.39, 0.29) is 4.75 Å². The molecule has 0 heterocycles. The van der Waals surface area contributed by atoms with E-state index < -0.39 is 0 Å². The molecule has 12 heavy (non-hydrogen) atoms. The molecule has 1 aromatic carbocycles. The van der Waals surface area contributed by atoms with Gasteiger partial charge in [-0.05, 0) is 38.5 Å². The minimum atomic E-state index is 0.0896. The van der Waals surface area contributed by atoms with Gasteiger partial charge in [-0.1, -0.05) is 31.2 Å². The van der Waals surface area contributed by atoms with E-state index in [0.717, 1.165) is 6.42 Å². The molecule has 0 saturated carbocycles. The van der Waals surface area contributed by atoms with Gasteiger partial charge < -0.3 is 0 Å². The summed E-state index contributed by atoms with van der Waals surface area (Å²) < 4.78 is 0.0896. The smallest absolute Gasteiger partial charge is 0.0613 e. The van der Waals surface area contributed by atoms with Crippen molar-refractivity contribution in [1.82, 2.24) is 0 Å². The Morgan fingerprint density at radius 1 is 1.17 bits per heavy atom. The van der Waals surface area contributed by atoms with Crippen LogP contribution in [0.15, 0.2) is 24.3 Å². The van der Waals surface area contributed by atoms with Crippen molar-refractivity contribution in [3.05, 3.63) is 35.4 Å². The summed E-state index contributed by atoms with van der Waals surface area (Å²) in [6.45, 7) is 6.49. The van der Waals surface area contributed by atoms with E-state index in [1.807, 2.05) is 0 Å². The highest BCUT2D eigenvalue weighted by Crippen LogP contribution is 2.21. The summed E-state index contributed by atoms with van der Waals surface area (Å²) in [5, 5.41) is 0. The van der Waals surface area contributed by atoms with Crippen LogP contribution >= 0.6 is 0 Å². The summed E-state index contributed by atoms with van der Waals surface area (Å²) in [6.07, 6.45) is 1.11. The van der Waals surface area contributed by atoms with Crippen LogP contribution in [0.3, 0.4) is 0 Å². The second-order valence-electron chi connectivity index (χ2n) is 3.68. The van der Waals surface area contributed by atoms with Crippen LogP contribution in [0.1, 0.15) is 31.9 Å². The van der Waals surface area contributed by atoms with Crippen molar-refractivity contribution in [1.29, 1.82) is 0 Å².